The fraction of sp³-hybridized carbons (Fsp3) is 0.400. The van der Waals surface area contributed by atoms with Gasteiger partial charge in [-0.1, -0.05) is 12.1 Å². The quantitative estimate of drug-likeness (QED) is 0.611. The highest BCUT2D eigenvalue weighted by molar-refractivity contribution is 5.41. The predicted molar refractivity (Wildman–Crippen MR) is 47.4 cm³/mol. The van der Waals surface area contributed by atoms with E-state index < -0.39 is 0 Å². The van der Waals surface area contributed by atoms with Gasteiger partial charge in [0.25, 0.3) is 0 Å². The largest absolute Gasteiger partial charge is 0.496 e. The summed E-state index contributed by atoms with van der Waals surface area (Å²) < 4.78 is 5.27. The van der Waals surface area contributed by atoms with Crippen molar-refractivity contribution in [2.24, 2.45) is 0 Å². The van der Waals surface area contributed by atoms with Crippen LogP contribution in [0.25, 0.3) is 0 Å². The van der Waals surface area contributed by atoms with E-state index in [9.17, 15) is 0 Å². The standard InChI is InChI=1S/C10H12NO/c1-12-10-4-2-3-8-7-11-6-5-9(8)10/h2-4H,5-7H2,1H3. The minimum absolute atomic E-state index is 0.854. The molecule has 63 valence electrons. The molecule has 0 fully saturated rings. The van der Waals surface area contributed by atoms with Crippen molar-refractivity contribution in [2.45, 2.75) is 13.0 Å². The summed E-state index contributed by atoms with van der Waals surface area (Å²) >= 11 is 0. The first kappa shape index (κ1) is 7.62. The molecule has 0 saturated carbocycles. The lowest BCUT2D eigenvalue weighted by Crippen LogP contribution is -2.17. The lowest BCUT2D eigenvalue weighted by atomic mass is 10.0. The van der Waals surface area contributed by atoms with Crippen molar-refractivity contribution in [1.82, 2.24) is 5.32 Å². The minimum Gasteiger partial charge on any atom is -0.496 e. The van der Waals surface area contributed by atoms with Gasteiger partial charge < -0.3 is 4.74 Å². The van der Waals surface area contributed by atoms with Crippen LogP contribution in [-0.2, 0) is 13.0 Å². The summed E-state index contributed by atoms with van der Waals surface area (Å²) in [6, 6.07) is 6.17. The third kappa shape index (κ3) is 1.18. The summed E-state index contributed by atoms with van der Waals surface area (Å²) in [6.45, 7) is 1.79. The Morgan fingerprint density at radius 1 is 1.42 bits per heavy atom. The van der Waals surface area contributed by atoms with Gasteiger partial charge in [-0.25, -0.2) is 5.32 Å². The number of methoxy groups -OCH3 is 1. The molecule has 1 aromatic carbocycles. The normalized spacial score (nSPS) is 15.4. The van der Waals surface area contributed by atoms with Gasteiger partial charge in [-0.15, -0.1) is 0 Å². The number of fused-ring (bicyclic) bond motifs is 1. The molecule has 12 heavy (non-hydrogen) atoms. The molecule has 0 bridgehead atoms. The van der Waals surface area contributed by atoms with Gasteiger partial charge in [-0.3, -0.25) is 0 Å². The van der Waals surface area contributed by atoms with Gasteiger partial charge in [0.05, 0.1) is 7.11 Å². The Bertz CT molecular complexity index is 269. The molecule has 2 heteroatoms. The van der Waals surface area contributed by atoms with Gasteiger partial charge in [0.1, 0.15) is 5.75 Å². The number of ether oxygens (including phenoxy) is 1. The zero-order valence-electron chi connectivity index (χ0n) is 7.21. The number of benzene rings is 1. The Kier molecular flexibility index (Phi) is 2.00. The molecule has 1 aliphatic heterocycles. The first-order valence-corrected chi connectivity index (χ1v) is 4.20. The second-order valence-electron chi connectivity index (χ2n) is 2.95. The van der Waals surface area contributed by atoms with Crippen molar-refractivity contribution >= 4 is 0 Å². The van der Waals surface area contributed by atoms with Crippen LogP contribution in [0.5, 0.6) is 5.75 Å². The molecule has 1 aliphatic rings. The lowest BCUT2D eigenvalue weighted by Gasteiger charge is -2.17. The van der Waals surface area contributed by atoms with Gasteiger partial charge in [0.15, 0.2) is 0 Å². The Balaban J connectivity index is 2.44. The average Bonchev–Trinajstić information content (AvgIpc) is 2.17. The molecule has 0 atom stereocenters. The zero-order valence-corrected chi connectivity index (χ0v) is 7.21. The summed E-state index contributed by atoms with van der Waals surface area (Å²) in [5.41, 5.74) is 2.66. The Labute approximate surface area is 72.5 Å². The summed E-state index contributed by atoms with van der Waals surface area (Å²) in [7, 11) is 1.72. The van der Waals surface area contributed by atoms with Gasteiger partial charge in [-0.05, 0) is 23.6 Å². The summed E-state index contributed by atoms with van der Waals surface area (Å²) in [6.07, 6.45) is 1.03. The second kappa shape index (κ2) is 3.15. The van der Waals surface area contributed by atoms with Gasteiger partial charge in [-0.2, -0.15) is 0 Å². The minimum atomic E-state index is 0.854. The molecule has 0 saturated heterocycles. The summed E-state index contributed by atoms with van der Waals surface area (Å²) in [4.78, 5) is 0. The maximum Gasteiger partial charge on any atom is 0.122 e. The van der Waals surface area contributed by atoms with Crippen molar-refractivity contribution in [3.63, 3.8) is 0 Å². The molecule has 1 aromatic rings. The molecule has 0 unspecified atom stereocenters. The first-order valence-electron chi connectivity index (χ1n) is 4.20. The van der Waals surface area contributed by atoms with E-state index in [1.807, 2.05) is 12.1 Å². The number of hydrogen-bond donors (Lipinski definition) is 0. The van der Waals surface area contributed by atoms with Crippen LogP contribution >= 0.6 is 0 Å². The summed E-state index contributed by atoms with van der Waals surface area (Å²) in [5, 5.41) is 4.34. The molecule has 2 nitrogen and oxygen atoms in total. The number of rotatable bonds is 1. The van der Waals surface area contributed by atoms with Crippen LogP contribution in [0.1, 0.15) is 11.1 Å². The van der Waals surface area contributed by atoms with E-state index in [1.54, 1.807) is 7.11 Å². The molecule has 1 heterocycles. The monoisotopic (exact) mass is 162 g/mol. The van der Waals surface area contributed by atoms with Crippen LogP contribution < -0.4 is 10.1 Å². The van der Waals surface area contributed by atoms with Crippen LogP contribution in [-0.4, -0.2) is 13.7 Å². The van der Waals surface area contributed by atoms with Crippen molar-refractivity contribution < 1.29 is 4.74 Å². The zero-order chi connectivity index (χ0) is 8.39. The van der Waals surface area contributed by atoms with Gasteiger partial charge >= 0.3 is 0 Å². The van der Waals surface area contributed by atoms with Crippen LogP contribution in [0.3, 0.4) is 0 Å². The Morgan fingerprint density at radius 2 is 2.33 bits per heavy atom. The average molecular weight is 162 g/mol. The van der Waals surface area contributed by atoms with Crippen LogP contribution in [0.4, 0.5) is 0 Å². The highest BCUT2D eigenvalue weighted by Crippen LogP contribution is 2.24. The van der Waals surface area contributed by atoms with Crippen molar-refractivity contribution in [3.05, 3.63) is 29.3 Å². The maximum atomic E-state index is 5.27. The molecular formula is C10H12NO. The lowest BCUT2D eigenvalue weighted by molar-refractivity contribution is 0.405. The van der Waals surface area contributed by atoms with Gasteiger partial charge in [0.2, 0.25) is 0 Å². The maximum absolute atomic E-state index is 5.27. The molecule has 2 rings (SSSR count). The van der Waals surface area contributed by atoms with Crippen LogP contribution in [0, 0.1) is 0 Å². The highest BCUT2D eigenvalue weighted by atomic mass is 16.5. The molecule has 0 aliphatic carbocycles. The van der Waals surface area contributed by atoms with E-state index in [-0.39, 0.29) is 0 Å². The van der Waals surface area contributed by atoms with E-state index in [1.165, 1.54) is 11.1 Å². The number of nitrogens with zero attached hydrogens (tertiary/aromatic N) is 1. The van der Waals surface area contributed by atoms with Crippen molar-refractivity contribution in [1.29, 1.82) is 0 Å². The van der Waals surface area contributed by atoms with Crippen molar-refractivity contribution in [3.8, 4) is 5.75 Å². The van der Waals surface area contributed by atoms with Crippen molar-refractivity contribution in [2.75, 3.05) is 13.7 Å². The fourth-order valence-electron chi connectivity index (χ4n) is 1.62. The van der Waals surface area contributed by atoms with Gasteiger partial charge in [0, 0.05) is 13.1 Å². The predicted octanol–water partition coefficient (Wildman–Crippen LogP) is 1.36. The van der Waals surface area contributed by atoms with E-state index in [0.717, 1.165) is 25.3 Å². The van der Waals surface area contributed by atoms with Crippen LogP contribution in [0.15, 0.2) is 18.2 Å². The fourth-order valence-corrected chi connectivity index (χ4v) is 1.62. The molecule has 0 amide bonds. The first-order chi connectivity index (χ1) is 5.92. The highest BCUT2D eigenvalue weighted by Gasteiger charge is 2.12. The Morgan fingerprint density at radius 3 is 3.17 bits per heavy atom. The van der Waals surface area contributed by atoms with Crippen LogP contribution in [0.2, 0.25) is 0 Å². The Hall–Kier alpha value is -1.02. The van der Waals surface area contributed by atoms with E-state index in [0.29, 0.717) is 0 Å². The smallest absolute Gasteiger partial charge is 0.122 e. The molecule has 0 spiro atoms. The molecule has 0 aromatic heterocycles. The van der Waals surface area contributed by atoms with E-state index in [4.69, 9.17) is 4.74 Å². The molecule has 0 N–H and O–H groups in total. The third-order valence-corrected chi connectivity index (χ3v) is 2.25. The SMILES string of the molecule is COc1cccc2c1CC[N]C2. The second-order valence-corrected chi connectivity index (χ2v) is 2.95. The number of hydrogen-bond acceptors (Lipinski definition) is 1. The van der Waals surface area contributed by atoms with E-state index >= 15 is 0 Å². The third-order valence-electron chi connectivity index (χ3n) is 2.25. The molecule has 1 radical (unpaired) electrons. The van der Waals surface area contributed by atoms with E-state index in [2.05, 4.69) is 11.4 Å². The molecular weight excluding hydrogens is 150 g/mol. The summed E-state index contributed by atoms with van der Waals surface area (Å²) in [5.74, 6) is 1.02. The topological polar surface area (TPSA) is 23.3 Å².